The van der Waals surface area contributed by atoms with Crippen LogP contribution in [-0.2, 0) is 15.4 Å². The number of hydrogen-bond donors (Lipinski definition) is 0. The number of benzene rings is 2. The van der Waals surface area contributed by atoms with E-state index in [2.05, 4.69) is 24.6 Å². The number of nitrogens with zero attached hydrogens (tertiary/aromatic N) is 3. The highest BCUT2D eigenvalue weighted by molar-refractivity contribution is 7.92. The Hall–Kier alpha value is -3.13. The molecule has 2 aromatic carbocycles. The number of likely N-dealkylation sites (tertiary alicyclic amines) is 1. The number of hydrogen-bond acceptors (Lipinski definition) is 5. The Morgan fingerprint density at radius 3 is 2.29 bits per heavy atom. The standard InChI is InChI=1S/C27H31N3O4S/c1-18(2)30-25-22-7-5-6-8-24(22)34-27(23(25)17-28-30)13-15-29(16-14-27)26(31)20-9-11-21(12-10-20)35(32,33)19(3)4/h5-12,17-19H,13-16H2,1-4H3. The van der Waals surface area contributed by atoms with Gasteiger partial charge in [-0.25, -0.2) is 8.42 Å². The van der Waals surface area contributed by atoms with Crippen LogP contribution in [0.15, 0.2) is 59.6 Å². The van der Waals surface area contributed by atoms with Crippen molar-refractivity contribution < 1.29 is 17.9 Å². The lowest BCUT2D eigenvalue weighted by Gasteiger charge is -2.44. The fraction of sp³-hybridized carbons (Fsp3) is 0.407. The van der Waals surface area contributed by atoms with Gasteiger partial charge in [0.25, 0.3) is 5.91 Å². The number of rotatable bonds is 4. The number of fused-ring (bicyclic) bond motifs is 4. The molecule has 1 fully saturated rings. The number of para-hydroxylation sites is 1. The molecule has 0 saturated carbocycles. The van der Waals surface area contributed by atoms with E-state index < -0.39 is 20.7 Å². The first kappa shape index (κ1) is 23.6. The van der Waals surface area contributed by atoms with Crippen LogP contribution in [0.2, 0.25) is 0 Å². The SMILES string of the molecule is CC(C)n1ncc2c1-c1ccccc1OC21CCN(C(=O)c2ccc(S(=O)(=O)C(C)C)cc2)CC1. The molecule has 0 aliphatic carbocycles. The van der Waals surface area contributed by atoms with Gasteiger partial charge in [0.15, 0.2) is 9.84 Å². The van der Waals surface area contributed by atoms with Crippen LogP contribution < -0.4 is 4.74 Å². The van der Waals surface area contributed by atoms with Crippen molar-refractivity contribution in [2.75, 3.05) is 13.1 Å². The number of piperidine rings is 1. The Balaban J connectivity index is 1.38. The van der Waals surface area contributed by atoms with E-state index in [1.807, 2.05) is 29.3 Å². The van der Waals surface area contributed by atoms with Gasteiger partial charge < -0.3 is 9.64 Å². The second-order valence-corrected chi connectivity index (χ2v) is 12.5. The van der Waals surface area contributed by atoms with Gasteiger partial charge in [0.05, 0.1) is 22.0 Å². The van der Waals surface area contributed by atoms with Gasteiger partial charge in [0.2, 0.25) is 0 Å². The van der Waals surface area contributed by atoms with Crippen LogP contribution in [0.3, 0.4) is 0 Å². The van der Waals surface area contributed by atoms with Gasteiger partial charge in [0, 0.05) is 48.7 Å². The quantitative estimate of drug-likeness (QED) is 0.520. The zero-order valence-electron chi connectivity index (χ0n) is 20.6. The molecule has 1 amide bonds. The number of ether oxygens (including phenoxy) is 1. The van der Waals surface area contributed by atoms with Crippen LogP contribution in [-0.4, -0.2) is 47.3 Å². The van der Waals surface area contributed by atoms with Gasteiger partial charge in [-0.2, -0.15) is 5.10 Å². The smallest absolute Gasteiger partial charge is 0.253 e. The van der Waals surface area contributed by atoms with Gasteiger partial charge in [-0.05, 0) is 64.1 Å². The van der Waals surface area contributed by atoms with Gasteiger partial charge in [0.1, 0.15) is 11.4 Å². The van der Waals surface area contributed by atoms with Crippen LogP contribution in [0.5, 0.6) is 5.75 Å². The summed E-state index contributed by atoms with van der Waals surface area (Å²) in [6.07, 6.45) is 3.24. The second kappa shape index (κ2) is 8.52. The highest BCUT2D eigenvalue weighted by Crippen LogP contribution is 2.50. The minimum atomic E-state index is -3.37. The minimum Gasteiger partial charge on any atom is -0.482 e. The molecule has 1 aromatic heterocycles. The summed E-state index contributed by atoms with van der Waals surface area (Å²) in [4.78, 5) is 15.3. The Morgan fingerprint density at radius 2 is 1.66 bits per heavy atom. The van der Waals surface area contributed by atoms with E-state index in [0.717, 1.165) is 22.6 Å². The summed E-state index contributed by atoms with van der Waals surface area (Å²) in [5.41, 5.74) is 3.20. The van der Waals surface area contributed by atoms with Crippen LogP contribution in [0, 0.1) is 0 Å². The summed E-state index contributed by atoms with van der Waals surface area (Å²) < 4.78 is 33.5. The average molecular weight is 494 g/mol. The molecule has 0 radical (unpaired) electrons. The van der Waals surface area contributed by atoms with Crippen molar-refractivity contribution in [3.63, 3.8) is 0 Å². The number of carbonyl (C=O) groups is 1. The lowest BCUT2D eigenvalue weighted by atomic mass is 9.80. The zero-order chi connectivity index (χ0) is 25.0. The third-order valence-electron chi connectivity index (χ3n) is 7.13. The van der Waals surface area contributed by atoms with Crippen LogP contribution in [0.1, 0.15) is 62.5 Å². The van der Waals surface area contributed by atoms with Crippen molar-refractivity contribution in [1.82, 2.24) is 14.7 Å². The van der Waals surface area contributed by atoms with Crippen molar-refractivity contribution in [2.24, 2.45) is 0 Å². The molecule has 3 heterocycles. The fourth-order valence-corrected chi connectivity index (χ4v) is 6.12. The summed E-state index contributed by atoms with van der Waals surface area (Å²) >= 11 is 0. The maximum absolute atomic E-state index is 13.2. The van der Waals surface area contributed by atoms with E-state index in [-0.39, 0.29) is 16.8 Å². The molecule has 5 rings (SSSR count). The first-order chi connectivity index (χ1) is 16.6. The van der Waals surface area contributed by atoms with Crippen LogP contribution in [0.25, 0.3) is 11.3 Å². The van der Waals surface area contributed by atoms with E-state index in [1.165, 1.54) is 12.1 Å². The molecule has 0 bridgehead atoms. The normalized spacial score (nSPS) is 16.8. The highest BCUT2D eigenvalue weighted by atomic mass is 32.2. The van der Waals surface area contributed by atoms with Crippen molar-refractivity contribution in [2.45, 2.75) is 62.3 Å². The van der Waals surface area contributed by atoms with Gasteiger partial charge in [-0.15, -0.1) is 0 Å². The lowest BCUT2D eigenvalue weighted by Crippen LogP contribution is -2.49. The molecule has 7 nitrogen and oxygen atoms in total. The summed E-state index contributed by atoms with van der Waals surface area (Å²) in [6.45, 7) is 8.63. The lowest BCUT2D eigenvalue weighted by molar-refractivity contribution is -0.00177. The molecule has 8 heteroatoms. The molecule has 2 aliphatic heterocycles. The maximum Gasteiger partial charge on any atom is 0.253 e. The maximum atomic E-state index is 13.2. The van der Waals surface area contributed by atoms with E-state index in [1.54, 1.807) is 26.0 Å². The molecule has 184 valence electrons. The monoisotopic (exact) mass is 493 g/mol. The van der Waals surface area contributed by atoms with Crippen molar-refractivity contribution in [3.8, 4) is 17.0 Å². The van der Waals surface area contributed by atoms with Gasteiger partial charge >= 0.3 is 0 Å². The van der Waals surface area contributed by atoms with Gasteiger partial charge in [-0.1, -0.05) is 12.1 Å². The fourth-order valence-electron chi connectivity index (χ4n) is 5.06. The molecule has 1 saturated heterocycles. The Bertz CT molecular complexity index is 1370. The molecule has 3 aromatic rings. The van der Waals surface area contributed by atoms with Crippen LogP contribution in [0.4, 0.5) is 0 Å². The van der Waals surface area contributed by atoms with Crippen molar-refractivity contribution >= 4 is 15.7 Å². The molecular formula is C27H31N3O4S. The molecule has 0 atom stereocenters. The Morgan fingerprint density at radius 1 is 1.00 bits per heavy atom. The Kier molecular flexibility index (Phi) is 5.74. The summed E-state index contributed by atoms with van der Waals surface area (Å²) in [7, 11) is -3.37. The summed E-state index contributed by atoms with van der Waals surface area (Å²) in [6, 6.07) is 14.6. The third kappa shape index (κ3) is 3.84. The number of aromatic nitrogens is 2. The highest BCUT2D eigenvalue weighted by Gasteiger charge is 2.46. The van der Waals surface area contributed by atoms with E-state index in [4.69, 9.17) is 9.84 Å². The third-order valence-corrected chi connectivity index (χ3v) is 9.30. The first-order valence-corrected chi connectivity index (χ1v) is 13.7. The molecular weight excluding hydrogens is 462 g/mol. The van der Waals surface area contributed by atoms with Gasteiger partial charge in [-0.3, -0.25) is 9.48 Å². The first-order valence-electron chi connectivity index (χ1n) is 12.1. The molecule has 0 N–H and O–H groups in total. The van der Waals surface area contributed by atoms with E-state index >= 15 is 0 Å². The second-order valence-electron chi connectivity index (χ2n) is 9.95. The average Bonchev–Trinajstić information content (AvgIpc) is 3.31. The molecule has 1 spiro atoms. The largest absolute Gasteiger partial charge is 0.482 e. The number of sulfone groups is 1. The Labute approximate surface area is 206 Å². The summed E-state index contributed by atoms with van der Waals surface area (Å²) in [5, 5.41) is 4.19. The topological polar surface area (TPSA) is 81.5 Å². The predicted molar refractivity (Wildman–Crippen MR) is 134 cm³/mol. The number of amides is 1. The predicted octanol–water partition coefficient (Wildman–Crippen LogP) is 4.84. The molecule has 35 heavy (non-hydrogen) atoms. The van der Waals surface area contributed by atoms with E-state index in [9.17, 15) is 13.2 Å². The minimum absolute atomic E-state index is 0.0948. The molecule has 2 aliphatic rings. The van der Waals surface area contributed by atoms with E-state index in [0.29, 0.717) is 31.5 Å². The van der Waals surface area contributed by atoms with Crippen LogP contribution >= 0.6 is 0 Å². The number of carbonyl (C=O) groups excluding carboxylic acids is 1. The zero-order valence-corrected chi connectivity index (χ0v) is 21.4. The van der Waals surface area contributed by atoms with Crippen molar-refractivity contribution in [1.29, 1.82) is 0 Å². The molecule has 0 unspecified atom stereocenters. The van der Waals surface area contributed by atoms with Crippen molar-refractivity contribution in [3.05, 3.63) is 65.9 Å². The summed E-state index contributed by atoms with van der Waals surface area (Å²) in [5.74, 6) is 0.756.